The normalized spacial score (nSPS) is 15.3. The van der Waals surface area contributed by atoms with Crippen molar-refractivity contribution in [1.29, 1.82) is 0 Å². The maximum atomic E-state index is 14.0. The summed E-state index contributed by atoms with van der Waals surface area (Å²) < 4.78 is 59.0. The van der Waals surface area contributed by atoms with Crippen LogP contribution >= 0.6 is 0 Å². The Kier molecular flexibility index (Phi) is 7.78. The van der Waals surface area contributed by atoms with E-state index in [2.05, 4.69) is 20.3 Å². The van der Waals surface area contributed by atoms with E-state index in [0.717, 1.165) is 73.9 Å². The van der Waals surface area contributed by atoms with Crippen molar-refractivity contribution in [1.82, 2.24) is 14.8 Å². The van der Waals surface area contributed by atoms with E-state index in [1.54, 1.807) is 6.07 Å². The van der Waals surface area contributed by atoms with Crippen molar-refractivity contribution < 1.29 is 22.3 Å². The van der Waals surface area contributed by atoms with Crippen LogP contribution < -0.4 is 21.7 Å². The SMILES string of the molecule is Fc1cc(Nc2ncn(-c3cccc(C(F)(F)F)c3)n2)cc(N2CCCC2)c1.Nc1cccc(N)c1C1COC1. The molecule has 5 N–H and O–H groups in total. The molecule has 1 aromatic heterocycles. The first kappa shape index (κ1) is 27.3. The highest BCUT2D eigenvalue weighted by Crippen LogP contribution is 2.33. The molecule has 0 atom stereocenters. The van der Waals surface area contributed by atoms with E-state index in [0.29, 0.717) is 11.6 Å². The molecule has 3 heterocycles. The van der Waals surface area contributed by atoms with E-state index in [1.165, 1.54) is 35.3 Å². The van der Waals surface area contributed by atoms with E-state index in [9.17, 15) is 17.6 Å². The zero-order valence-electron chi connectivity index (χ0n) is 21.5. The molecular formula is C28H29F4N7O. The molecule has 2 aliphatic rings. The highest BCUT2D eigenvalue weighted by molar-refractivity contribution is 5.64. The monoisotopic (exact) mass is 555 g/mol. The highest BCUT2D eigenvalue weighted by Gasteiger charge is 2.30. The summed E-state index contributed by atoms with van der Waals surface area (Å²) in [5, 5.41) is 7.06. The van der Waals surface area contributed by atoms with Crippen molar-refractivity contribution in [3.8, 4) is 5.69 Å². The summed E-state index contributed by atoms with van der Waals surface area (Å²) >= 11 is 0. The molecule has 2 aliphatic heterocycles. The molecule has 40 heavy (non-hydrogen) atoms. The van der Waals surface area contributed by atoms with Crippen LogP contribution in [0, 0.1) is 5.82 Å². The van der Waals surface area contributed by atoms with Gasteiger partial charge in [0.05, 0.1) is 24.5 Å². The van der Waals surface area contributed by atoms with Gasteiger partial charge in [0.2, 0.25) is 5.95 Å². The number of halogens is 4. The number of aromatic nitrogens is 3. The number of nitrogen functional groups attached to an aromatic ring is 2. The Morgan fingerprint density at radius 1 is 0.900 bits per heavy atom. The standard InChI is InChI=1S/C19H17F4N5.C9H12N2O/c20-14-9-15(11-17(10-14)27-6-1-2-7-27)25-18-24-12-28(26-18)16-5-3-4-13(8-16)19(21,22)23;10-7-2-1-3-8(11)9(7)6-4-12-5-6/h3-5,8-12H,1-2,6-7H2,(H,25,26);1-3,6H,4-5,10-11H2. The first-order chi connectivity index (χ1) is 19.2. The summed E-state index contributed by atoms with van der Waals surface area (Å²) in [5.41, 5.74) is 14.9. The van der Waals surface area contributed by atoms with Crippen LogP contribution in [0.15, 0.2) is 67.0 Å². The Morgan fingerprint density at radius 2 is 1.60 bits per heavy atom. The lowest BCUT2D eigenvalue weighted by molar-refractivity contribution is -0.137. The molecule has 0 bridgehead atoms. The van der Waals surface area contributed by atoms with Crippen LogP contribution in [0.1, 0.15) is 29.9 Å². The second-order valence-electron chi connectivity index (χ2n) is 9.66. The Balaban J connectivity index is 0.000000223. The average molecular weight is 556 g/mol. The predicted molar refractivity (Wildman–Crippen MR) is 146 cm³/mol. The van der Waals surface area contributed by atoms with Gasteiger partial charge in [0.25, 0.3) is 0 Å². The van der Waals surface area contributed by atoms with Crippen molar-refractivity contribution in [2.24, 2.45) is 0 Å². The van der Waals surface area contributed by atoms with E-state index >= 15 is 0 Å². The molecular weight excluding hydrogens is 526 g/mol. The van der Waals surface area contributed by atoms with Crippen LogP contribution in [0.5, 0.6) is 0 Å². The Bertz CT molecular complexity index is 1440. The molecule has 0 unspecified atom stereocenters. The number of hydrogen-bond donors (Lipinski definition) is 3. The lowest BCUT2D eigenvalue weighted by atomic mass is 9.94. The molecule has 0 amide bonds. The molecule has 0 saturated carbocycles. The average Bonchev–Trinajstić information content (AvgIpc) is 3.58. The summed E-state index contributed by atoms with van der Waals surface area (Å²) in [5.74, 6) is 0.186. The second-order valence-corrected chi connectivity index (χ2v) is 9.66. The van der Waals surface area contributed by atoms with Gasteiger partial charge >= 0.3 is 6.18 Å². The number of anilines is 5. The predicted octanol–water partition coefficient (Wildman–Crippen LogP) is 5.73. The van der Waals surface area contributed by atoms with Gasteiger partial charge in [-0.3, -0.25) is 0 Å². The van der Waals surface area contributed by atoms with Gasteiger partial charge in [0.15, 0.2) is 0 Å². The molecule has 0 aliphatic carbocycles. The number of alkyl halides is 3. The summed E-state index contributed by atoms with van der Waals surface area (Å²) in [6.07, 6.45) is -0.992. The molecule has 2 saturated heterocycles. The smallest absolute Gasteiger partial charge is 0.398 e. The number of nitrogens with zero attached hydrogens (tertiary/aromatic N) is 4. The van der Waals surface area contributed by atoms with Gasteiger partial charge in [-0.15, -0.1) is 5.10 Å². The molecule has 0 spiro atoms. The minimum absolute atomic E-state index is 0.162. The largest absolute Gasteiger partial charge is 0.416 e. The number of hydrogen-bond acceptors (Lipinski definition) is 7. The van der Waals surface area contributed by atoms with Crippen molar-refractivity contribution in [3.05, 3.63) is 83.9 Å². The van der Waals surface area contributed by atoms with Gasteiger partial charge in [-0.05, 0) is 61.4 Å². The van der Waals surface area contributed by atoms with Gasteiger partial charge in [0, 0.05) is 47.3 Å². The van der Waals surface area contributed by atoms with Crippen LogP contribution in [0.25, 0.3) is 5.69 Å². The molecule has 8 nitrogen and oxygen atoms in total. The lowest BCUT2D eigenvalue weighted by Crippen LogP contribution is -2.26. The quantitative estimate of drug-likeness (QED) is 0.213. The molecule has 3 aromatic carbocycles. The van der Waals surface area contributed by atoms with Crippen LogP contribution in [-0.2, 0) is 10.9 Å². The first-order valence-corrected chi connectivity index (χ1v) is 12.8. The lowest BCUT2D eigenvalue weighted by Gasteiger charge is -2.28. The fraction of sp³-hybridized carbons (Fsp3) is 0.286. The van der Waals surface area contributed by atoms with Crippen molar-refractivity contribution in [2.75, 3.05) is 48.0 Å². The third-order valence-corrected chi connectivity index (χ3v) is 6.76. The van der Waals surface area contributed by atoms with Gasteiger partial charge in [-0.25, -0.2) is 9.07 Å². The molecule has 0 radical (unpaired) electrons. The summed E-state index contributed by atoms with van der Waals surface area (Å²) in [6.45, 7) is 3.26. The van der Waals surface area contributed by atoms with Crippen molar-refractivity contribution >= 4 is 28.7 Å². The van der Waals surface area contributed by atoms with E-state index in [1.807, 2.05) is 18.2 Å². The summed E-state index contributed by atoms with van der Waals surface area (Å²) in [7, 11) is 0. The topological polar surface area (TPSA) is 107 Å². The maximum absolute atomic E-state index is 14.0. The van der Waals surface area contributed by atoms with Gasteiger partial charge in [-0.2, -0.15) is 18.2 Å². The number of ether oxygens (including phenoxy) is 1. The van der Waals surface area contributed by atoms with E-state index in [-0.39, 0.29) is 17.5 Å². The number of nitrogens with one attached hydrogen (secondary N) is 1. The van der Waals surface area contributed by atoms with Crippen molar-refractivity contribution in [3.63, 3.8) is 0 Å². The second kappa shape index (κ2) is 11.4. The zero-order valence-corrected chi connectivity index (χ0v) is 21.5. The third-order valence-electron chi connectivity index (χ3n) is 6.76. The number of rotatable bonds is 5. The van der Waals surface area contributed by atoms with Crippen LogP contribution in [0.4, 0.5) is 46.3 Å². The fourth-order valence-corrected chi connectivity index (χ4v) is 4.68. The molecule has 12 heteroatoms. The van der Waals surface area contributed by atoms with E-state index < -0.39 is 11.7 Å². The van der Waals surface area contributed by atoms with Crippen molar-refractivity contribution in [2.45, 2.75) is 24.9 Å². The van der Waals surface area contributed by atoms with Crippen LogP contribution in [-0.4, -0.2) is 41.1 Å². The Labute approximate surface area is 228 Å². The molecule has 210 valence electrons. The Morgan fingerprint density at radius 3 is 2.25 bits per heavy atom. The molecule has 6 rings (SSSR count). The summed E-state index contributed by atoms with van der Waals surface area (Å²) in [6, 6.07) is 15.0. The molecule has 2 fully saturated rings. The maximum Gasteiger partial charge on any atom is 0.416 e. The van der Waals surface area contributed by atoms with Gasteiger partial charge in [0.1, 0.15) is 12.1 Å². The number of benzene rings is 3. The van der Waals surface area contributed by atoms with Crippen LogP contribution in [0.2, 0.25) is 0 Å². The van der Waals surface area contributed by atoms with Gasteiger partial charge in [-0.1, -0.05) is 12.1 Å². The molecule has 4 aromatic rings. The third kappa shape index (κ3) is 6.28. The summed E-state index contributed by atoms with van der Waals surface area (Å²) in [4.78, 5) is 6.16. The minimum atomic E-state index is -4.44. The first-order valence-electron chi connectivity index (χ1n) is 12.8. The number of nitrogens with two attached hydrogens (primary N) is 2. The zero-order chi connectivity index (χ0) is 28.3. The van der Waals surface area contributed by atoms with Gasteiger partial charge < -0.3 is 26.4 Å². The van der Waals surface area contributed by atoms with Crippen LogP contribution in [0.3, 0.4) is 0 Å². The Hall–Kier alpha value is -4.32. The minimum Gasteiger partial charge on any atom is -0.398 e. The fourth-order valence-electron chi connectivity index (χ4n) is 4.68. The highest BCUT2D eigenvalue weighted by atomic mass is 19.4. The van der Waals surface area contributed by atoms with E-state index in [4.69, 9.17) is 16.2 Å².